The van der Waals surface area contributed by atoms with Crippen molar-refractivity contribution in [2.45, 2.75) is 86.0 Å². The maximum Gasteiger partial charge on any atom is 0.342 e. The Hall–Kier alpha value is -1.59. The number of allylic oxidation sites excluding steroid dienone is 2. The van der Waals surface area contributed by atoms with Gasteiger partial charge < -0.3 is 13.9 Å². The third-order valence-electron chi connectivity index (χ3n) is 5.85. The molecule has 0 saturated heterocycles. The van der Waals surface area contributed by atoms with Crippen molar-refractivity contribution in [1.82, 2.24) is 0 Å². The molecule has 0 bridgehead atoms. The van der Waals surface area contributed by atoms with E-state index < -0.39 is 13.9 Å². The highest BCUT2D eigenvalue weighted by molar-refractivity contribution is 6.74. The van der Waals surface area contributed by atoms with E-state index in [-0.39, 0.29) is 28.4 Å². The minimum absolute atomic E-state index is 0.000261. The third kappa shape index (κ3) is 5.95. The number of rotatable bonds is 7. The number of aromatic hydroxyl groups is 1. The summed E-state index contributed by atoms with van der Waals surface area (Å²) in [5.74, 6) is 0.654. The first-order chi connectivity index (χ1) is 12.7. The first-order valence-electron chi connectivity index (χ1n) is 10.1. The van der Waals surface area contributed by atoms with Gasteiger partial charge in [0.05, 0.1) is 11.7 Å². The summed E-state index contributed by atoms with van der Waals surface area (Å²) in [4.78, 5) is 11.8. The van der Waals surface area contributed by atoms with Crippen LogP contribution >= 0.6 is 0 Å². The quantitative estimate of drug-likeness (QED) is 0.423. The van der Waals surface area contributed by atoms with E-state index in [9.17, 15) is 9.90 Å². The van der Waals surface area contributed by atoms with Gasteiger partial charge in [0.2, 0.25) is 0 Å². The summed E-state index contributed by atoms with van der Waals surface area (Å²) < 4.78 is 11.9. The molecule has 0 unspecified atom stereocenters. The first kappa shape index (κ1) is 24.4. The molecule has 0 aromatic carbocycles. The van der Waals surface area contributed by atoms with Gasteiger partial charge in [-0.3, -0.25) is 0 Å². The molecule has 0 spiro atoms. The largest absolute Gasteiger partial charge is 0.507 e. The molecule has 0 amide bonds. The highest BCUT2D eigenvalue weighted by Gasteiger charge is 2.39. The van der Waals surface area contributed by atoms with Gasteiger partial charge in [0.25, 0.3) is 0 Å². The van der Waals surface area contributed by atoms with Crippen LogP contribution in [0.5, 0.6) is 5.75 Å². The number of hydrogen-bond donors (Lipinski definition) is 1. The Balaban J connectivity index is 3.01. The van der Waals surface area contributed by atoms with Gasteiger partial charge >= 0.3 is 5.63 Å². The molecule has 4 nitrogen and oxygen atoms in total. The summed E-state index contributed by atoms with van der Waals surface area (Å²) in [6.07, 6.45) is 6.98. The molecular formula is C23H38O4Si. The maximum absolute atomic E-state index is 11.8. The zero-order valence-electron chi connectivity index (χ0n) is 19.3. The van der Waals surface area contributed by atoms with Crippen LogP contribution in [0.1, 0.15) is 64.9 Å². The van der Waals surface area contributed by atoms with E-state index in [4.69, 9.17) is 8.84 Å². The fraction of sp³-hybridized carbons (Fsp3) is 0.609. The predicted molar refractivity (Wildman–Crippen MR) is 120 cm³/mol. The molecule has 158 valence electrons. The molecule has 1 aromatic heterocycles. The minimum atomic E-state index is -1.82. The van der Waals surface area contributed by atoms with Crippen molar-refractivity contribution in [2.24, 2.45) is 5.92 Å². The van der Waals surface area contributed by atoms with Gasteiger partial charge in [0.1, 0.15) is 11.5 Å². The van der Waals surface area contributed by atoms with Crippen molar-refractivity contribution >= 4 is 14.4 Å². The maximum atomic E-state index is 11.8. The summed E-state index contributed by atoms with van der Waals surface area (Å²) in [5.41, 5.74) is 1.37. The summed E-state index contributed by atoms with van der Waals surface area (Å²) >= 11 is 0. The smallest absolute Gasteiger partial charge is 0.342 e. The van der Waals surface area contributed by atoms with E-state index in [1.165, 1.54) is 0 Å². The summed E-state index contributed by atoms with van der Waals surface area (Å²) in [6, 6.07) is 0. The van der Waals surface area contributed by atoms with Crippen LogP contribution in [-0.4, -0.2) is 19.5 Å². The second-order valence-electron chi connectivity index (χ2n) is 9.28. The van der Waals surface area contributed by atoms with Crippen molar-refractivity contribution in [1.29, 1.82) is 0 Å². The Morgan fingerprint density at radius 3 is 2.32 bits per heavy atom. The van der Waals surface area contributed by atoms with E-state index >= 15 is 0 Å². The third-order valence-corrected chi connectivity index (χ3v) is 10.4. The predicted octanol–water partition coefficient (Wildman–Crippen LogP) is 6.36. The van der Waals surface area contributed by atoms with Gasteiger partial charge in [-0.05, 0) is 57.3 Å². The van der Waals surface area contributed by atoms with Crippen molar-refractivity contribution in [3.63, 3.8) is 0 Å². The first-order valence-corrected chi connectivity index (χ1v) is 13.0. The Bertz CT molecular complexity index is 794. The summed E-state index contributed by atoms with van der Waals surface area (Å²) in [6.45, 7) is 21.0. The molecule has 0 fully saturated rings. The minimum Gasteiger partial charge on any atom is -0.507 e. The number of hydrogen-bond acceptors (Lipinski definition) is 4. The van der Waals surface area contributed by atoms with E-state index in [0.717, 1.165) is 12.0 Å². The Morgan fingerprint density at radius 2 is 1.82 bits per heavy atom. The lowest BCUT2D eigenvalue weighted by Gasteiger charge is -2.40. The normalized spacial score (nSPS) is 15.9. The van der Waals surface area contributed by atoms with Gasteiger partial charge in [0, 0.05) is 5.56 Å². The van der Waals surface area contributed by atoms with Crippen molar-refractivity contribution in [3.8, 4) is 5.75 Å². The summed E-state index contributed by atoms with van der Waals surface area (Å²) in [7, 11) is -1.82. The Morgan fingerprint density at radius 1 is 1.25 bits per heavy atom. The Labute approximate surface area is 171 Å². The zero-order valence-corrected chi connectivity index (χ0v) is 20.3. The van der Waals surface area contributed by atoms with E-state index in [1.54, 1.807) is 19.9 Å². The van der Waals surface area contributed by atoms with Crippen LogP contribution < -0.4 is 5.63 Å². The molecule has 1 aromatic rings. The van der Waals surface area contributed by atoms with Crippen LogP contribution in [-0.2, 0) is 4.43 Å². The molecule has 2 atom stereocenters. The molecule has 0 aliphatic heterocycles. The second kappa shape index (κ2) is 9.27. The standard InChI is InChI=1S/C23H38O4Si/c1-11-19(27-28(9,10)23(6,7)8)16(3)14-15(2)12-13-20-17(4)21(24)18(5)22(25)26-20/h12-14,16,19,24H,11H2,1-10H3/b13-12+,15-14+/t16-,19+/m0/s1. The molecule has 28 heavy (non-hydrogen) atoms. The average molecular weight is 407 g/mol. The van der Waals surface area contributed by atoms with Gasteiger partial charge in [-0.1, -0.05) is 52.3 Å². The van der Waals surface area contributed by atoms with Gasteiger partial charge in [-0.25, -0.2) is 4.79 Å². The lowest BCUT2D eigenvalue weighted by Crippen LogP contribution is -2.45. The van der Waals surface area contributed by atoms with E-state index in [1.807, 2.05) is 13.0 Å². The fourth-order valence-electron chi connectivity index (χ4n) is 2.81. The average Bonchev–Trinajstić information content (AvgIpc) is 2.58. The molecule has 0 aliphatic carbocycles. The van der Waals surface area contributed by atoms with Crippen LogP contribution in [0.4, 0.5) is 0 Å². The van der Waals surface area contributed by atoms with E-state index in [0.29, 0.717) is 11.3 Å². The van der Waals surface area contributed by atoms with Gasteiger partial charge in [-0.2, -0.15) is 0 Å². The molecule has 1 N–H and O–H groups in total. The highest BCUT2D eigenvalue weighted by atomic mass is 28.4. The van der Waals surface area contributed by atoms with Crippen LogP contribution in [0.2, 0.25) is 18.1 Å². The van der Waals surface area contributed by atoms with Crippen LogP contribution in [0.3, 0.4) is 0 Å². The molecule has 0 radical (unpaired) electrons. The monoisotopic (exact) mass is 406 g/mol. The van der Waals surface area contributed by atoms with Crippen molar-refractivity contribution in [3.05, 3.63) is 45.0 Å². The molecule has 1 rings (SSSR count). The SMILES string of the molecule is CC[C@@H](O[Si](C)(C)C(C)(C)C)[C@@H](C)/C=C(C)/C=C/c1oc(=O)c(C)c(O)c1C. The topological polar surface area (TPSA) is 59.7 Å². The summed E-state index contributed by atoms with van der Waals surface area (Å²) in [5, 5.41) is 10.2. The zero-order chi connectivity index (χ0) is 21.9. The van der Waals surface area contributed by atoms with Gasteiger partial charge in [0.15, 0.2) is 8.32 Å². The lowest BCUT2D eigenvalue weighted by molar-refractivity contribution is 0.141. The second-order valence-corrected chi connectivity index (χ2v) is 14.0. The molecule has 0 saturated carbocycles. The molecule has 0 aliphatic rings. The lowest BCUT2D eigenvalue weighted by atomic mass is 9.99. The van der Waals surface area contributed by atoms with Crippen LogP contribution in [0.15, 0.2) is 26.9 Å². The van der Waals surface area contributed by atoms with Crippen molar-refractivity contribution in [2.75, 3.05) is 0 Å². The van der Waals surface area contributed by atoms with Crippen molar-refractivity contribution < 1.29 is 13.9 Å². The Kier molecular flexibility index (Phi) is 8.09. The molecular weight excluding hydrogens is 368 g/mol. The van der Waals surface area contributed by atoms with Crippen LogP contribution in [0.25, 0.3) is 6.08 Å². The van der Waals surface area contributed by atoms with Gasteiger partial charge in [-0.15, -0.1) is 0 Å². The molecule has 1 heterocycles. The van der Waals surface area contributed by atoms with Crippen LogP contribution in [0, 0.1) is 19.8 Å². The van der Waals surface area contributed by atoms with E-state index in [2.05, 4.69) is 53.8 Å². The molecule has 5 heteroatoms. The fourth-order valence-corrected chi connectivity index (χ4v) is 4.30. The highest BCUT2D eigenvalue weighted by Crippen LogP contribution is 2.38.